The van der Waals surface area contributed by atoms with Gasteiger partial charge in [-0.1, -0.05) is 6.07 Å². The van der Waals surface area contributed by atoms with E-state index in [1.807, 2.05) is 6.92 Å². The third kappa shape index (κ3) is 2.05. The molecule has 14 heavy (non-hydrogen) atoms. The van der Waals surface area contributed by atoms with E-state index in [-0.39, 0.29) is 4.90 Å². The summed E-state index contributed by atoms with van der Waals surface area (Å²) in [5, 5.41) is 0. The van der Waals surface area contributed by atoms with Crippen molar-refractivity contribution >= 4 is 10.1 Å². The Bertz CT molecular complexity index is 422. The summed E-state index contributed by atoms with van der Waals surface area (Å²) < 4.78 is 32.1. The predicted octanol–water partition coefficient (Wildman–Crippen LogP) is 1.34. The zero-order valence-electron chi connectivity index (χ0n) is 8.27. The molecule has 0 aliphatic carbocycles. The Balaban J connectivity index is 3.35. The van der Waals surface area contributed by atoms with Crippen LogP contribution in [0.4, 0.5) is 0 Å². The van der Waals surface area contributed by atoms with Gasteiger partial charge in [0.25, 0.3) is 10.1 Å². The normalized spacial score (nSPS) is 11.4. The van der Waals surface area contributed by atoms with Gasteiger partial charge in [0.05, 0.1) is 14.2 Å². The number of methoxy groups -OCH3 is 1. The smallest absolute Gasteiger partial charge is 0.300 e. The first-order chi connectivity index (χ1) is 6.51. The maximum atomic E-state index is 11.4. The average molecular weight is 216 g/mol. The predicted molar refractivity (Wildman–Crippen MR) is 51.9 cm³/mol. The lowest BCUT2D eigenvalue weighted by molar-refractivity contribution is 0.378. The van der Waals surface area contributed by atoms with Crippen molar-refractivity contribution in [3.8, 4) is 5.75 Å². The first-order valence-electron chi connectivity index (χ1n) is 3.96. The van der Waals surface area contributed by atoms with Crippen LogP contribution < -0.4 is 4.74 Å². The van der Waals surface area contributed by atoms with Crippen molar-refractivity contribution in [2.24, 2.45) is 0 Å². The van der Waals surface area contributed by atoms with Crippen molar-refractivity contribution in [3.05, 3.63) is 23.8 Å². The minimum absolute atomic E-state index is 0.0492. The number of hydrogen-bond acceptors (Lipinski definition) is 4. The van der Waals surface area contributed by atoms with E-state index in [1.54, 1.807) is 12.1 Å². The molecule has 0 saturated carbocycles. The van der Waals surface area contributed by atoms with Gasteiger partial charge in [0.15, 0.2) is 0 Å². The second-order valence-corrected chi connectivity index (χ2v) is 4.46. The summed E-state index contributed by atoms with van der Waals surface area (Å²) in [5.41, 5.74) is 0.928. The van der Waals surface area contributed by atoms with Crippen LogP contribution in [0.2, 0.25) is 0 Å². The van der Waals surface area contributed by atoms with E-state index < -0.39 is 10.1 Å². The van der Waals surface area contributed by atoms with E-state index in [0.29, 0.717) is 5.75 Å². The molecular formula is C9H12O4S. The Morgan fingerprint density at radius 1 is 1.21 bits per heavy atom. The molecule has 0 unspecified atom stereocenters. The maximum absolute atomic E-state index is 11.4. The lowest BCUT2D eigenvalue weighted by Crippen LogP contribution is -2.05. The number of rotatable bonds is 3. The summed E-state index contributed by atoms with van der Waals surface area (Å²) in [7, 11) is -1.14. The molecule has 0 fully saturated rings. The van der Waals surface area contributed by atoms with Crippen molar-refractivity contribution in [1.29, 1.82) is 0 Å². The molecule has 0 bridgehead atoms. The van der Waals surface area contributed by atoms with Gasteiger partial charge in [0.1, 0.15) is 10.6 Å². The highest BCUT2D eigenvalue weighted by Gasteiger charge is 2.18. The van der Waals surface area contributed by atoms with Crippen LogP contribution in [0.25, 0.3) is 0 Å². The van der Waals surface area contributed by atoms with Crippen LogP contribution in [0.15, 0.2) is 23.1 Å². The Morgan fingerprint density at radius 2 is 1.86 bits per heavy atom. The standard InChI is InChI=1S/C9H12O4S/c1-7-4-5-9(8(6-7)12-2)14(10,11)13-3/h4-6H,1-3H3. The van der Waals surface area contributed by atoms with Gasteiger partial charge < -0.3 is 4.74 Å². The lowest BCUT2D eigenvalue weighted by Gasteiger charge is -2.08. The zero-order chi connectivity index (χ0) is 10.8. The highest BCUT2D eigenvalue weighted by molar-refractivity contribution is 7.86. The fraction of sp³-hybridized carbons (Fsp3) is 0.333. The summed E-state index contributed by atoms with van der Waals surface area (Å²) in [6.07, 6.45) is 0. The molecule has 4 nitrogen and oxygen atoms in total. The van der Waals surface area contributed by atoms with Crippen LogP contribution in [0, 0.1) is 6.92 Å². The molecule has 0 amide bonds. The molecule has 0 aliphatic heterocycles. The Kier molecular flexibility index (Phi) is 3.13. The third-order valence-electron chi connectivity index (χ3n) is 1.81. The molecule has 0 aliphatic rings. The zero-order valence-corrected chi connectivity index (χ0v) is 9.09. The van der Waals surface area contributed by atoms with Crippen molar-refractivity contribution in [1.82, 2.24) is 0 Å². The molecule has 78 valence electrons. The Hall–Kier alpha value is -1.07. The van der Waals surface area contributed by atoms with Crippen LogP contribution in [-0.4, -0.2) is 22.6 Å². The van der Waals surface area contributed by atoms with E-state index in [9.17, 15) is 8.42 Å². The van der Waals surface area contributed by atoms with E-state index in [1.165, 1.54) is 13.2 Å². The summed E-state index contributed by atoms with van der Waals surface area (Å²) in [4.78, 5) is 0.0492. The number of hydrogen-bond donors (Lipinski definition) is 0. The quantitative estimate of drug-likeness (QED) is 0.715. The lowest BCUT2D eigenvalue weighted by atomic mass is 10.2. The van der Waals surface area contributed by atoms with Gasteiger partial charge in [-0.25, -0.2) is 0 Å². The second-order valence-electron chi connectivity index (χ2n) is 2.78. The van der Waals surface area contributed by atoms with Crippen LogP contribution in [-0.2, 0) is 14.3 Å². The molecule has 0 aromatic heterocycles. The highest BCUT2D eigenvalue weighted by Crippen LogP contribution is 2.25. The van der Waals surface area contributed by atoms with Crippen LogP contribution in [0.5, 0.6) is 5.75 Å². The molecule has 0 saturated heterocycles. The molecule has 0 atom stereocenters. The van der Waals surface area contributed by atoms with Crippen LogP contribution >= 0.6 is 0 Å². The molecule has 0 spiro atoms. The number of ether oxygens (including phenoxy) is 1. The fourth-order valence-corrected chi connectivity index (χ4v) is 1.87. The van der Waals surface area contributed by atoms with Gasteiger partial charge in [0, 0.05) is 0 Å². The molecule has 1 rings (SSSR count). The summed E-state index contributed by atoms with van der Waals surface area (Å²) in [5.74, 6) is 0.298. The second kappa shape index (κ2) is 3.98. The molecular weight excluding hydrogens is 204 g/mol. The number of benzene rings is 1. The van der Waals surface area contributed by atoms with Gasteiger partial charge >= 0.3 is 0 Å². The van der Waals surface area contributed by atoms with Crippen molar-refractivity contribution in [2.45, 2.75) is 11.8 Å². The van der Waals surface area contributed by atoms with E-state index in [0.717, 1.165) is 12.7 Å². The average Bonchev–Trinajstić information content (AvgIpc) is 2.17. The molecule has 0 radical (unpaired) electrons. The number of aryl methyl sites for hydroxylation is 1. The SMILES string of the molecule is COc1cc(C)ccc1S(=O)(=O)OC. The van der Waals surface area contributed by atoms with Crippen LogP contribution in [0.1, 0.15) is 5.56 Å². The largest absolute Gasteiger partial charge is 0.495 e. The molecule has 0 heterocycles. The summed E-state index contributed by atoms with van der Waals surface area (Å²) in [6.45, 7) is 1.85. The Morgan fingerprint density at radius 3 is 2.36 bits per heavy atom. The minimum atomic E-state index is -3.68. The topological polar surface area (TPSA) is 52.6 Å². The van der Waals surface area contributed by atoms with Crippen molar-refractivity contribution in [3.63, 3.8) is 0 Å². The monoisotopic (exact) mass is 216 g/mol. The van der Waals surface area contributed by atoms with E-state index in [2.05, 4.69) is 4.18 Å². The first kappa shape index (κ1) is 11.0. The van der Waals surface area contributed by atoms with Crippen molar-refractivity contribution < 1.29 is 17.3 Å². The first-order valence-corrected chi connectivity index (χ1v) is 5.37. The van der Waals surface area contributed by atoms with Gasteiger partial charge in [-0.15, -0.1) is 0 Å². The Labute approximate surface area is 83.6 Å². The highest BCUT2D eigenvalue weighted by atomic mass is 32.2. The van der Waals surface area contributed by atoms with E-state index in [4.69, 9.17) is 4.74 Å². The third-order valence-corrected chi connectivity index (χ3v) is 3.12. The summed E-state index contributed by atoms with van der Waals surface area (Å²) >= 11 is 0. The molecule has 0 N–H and O–H groups in total. The van der Waals surface area contributed by atoms with Gasteiger partial charge in [0.2, 0.25) is 0 Å². The van der Waals surface area contributed by atoms with Crippen molar-refractivity contribution in [2.75, 3.05) is 14.2 Å². The minimum Gasteiger partial charge on any atom is -0.495 e. The fourth-order valence-electron chi connectivity index (χ4n) is 1.07. The molecule has 1 aromatic rings. The molecule has 1 aromatic carbocycles. The van der Waals surface area contributed by atoms with Gasteiger partial charge in [-0.3, -0.25) is 4.18 Å². The molecule has 5 heteroatoms. The van der Waals surface area contributed by atoms with Gasteiger partial charge in [-0.2, -0.15) is 8.42 Å². The van der Waals surface area contributed by atoms with Crippen LogP contribution in [0.3, 0.4) is 0 Å². The van der Waals surface area contributed by atoms with E-state index >= 15 is 0 Å². The van der Waals surface area contributed by atoms with Gasteiger partial charge in [-0.05, 0) is 24.6 Å². The maximum Gasteiger partial charge on any atom is 0.300 e. The summed E-state index contributed by atoms with van der Waals surface area (Å²) in [6, 6.07) is 4.80.